The van der Waals surface area contributed by atoms with Crippen LogP contribution in [0.4, 0.5) is 11.4 Å². The molecule has 28 heavy (non-hydrogen) atoms. The minimum Gasteiger partial charge on any atom is -0.493 e. The molecule has 0 aromatic heterocycles. The lowest BCUT2D eigenvalue weighted by atomic mass is 10.0. The van der Waals surface area contributed by atoms with Gasteiger partial charge in [-0.1, -0.05) is 30.3 Å². The minimum absolute atomic E-state index is 0.0674. The SMILES string of the molecule is COc1cc([C@H]2Nc3ccccc3C(=O)N2c2ccccc2)cc2c1OCO2. The van der Waals surface area contributed by atoms with E-state index in [0.29, 0.717) is 22.8 Å². The molecule has 0 saturated heterocycles. The largest absolute Gasteiger partial charge is 0.493 e. The van der Waals surface area contributed by atoms with Crippen molar-refractivity contribution in [1.82, 2.24) is 0 Å². The van der Waals surface area contributed by atoms with Crippen molar-refractivity contribution in [2.75, 3.05) is 24.1 Å². The summed E-state index contributed by atoms with van der Waals surface area (Å²) in [5.74, 6) is 1.70. The van der Waals surface area contributed by atoms with Crippen molar-refractivity contribution in [2.45, 2.75) is 6.17 Å². The van der Waals surface area contributed by atoms with Gasteiger partial charge in [-0.3, -0.25) is 9.69 Å². The van der Waals surface area contributed by atoms with Gasteiger partial charge in [-0.2, -0.15) is 0 Å². The van der Waals surface area contributed by atoms with Gasteiger partial charge in [0.25, 0.3) is 5.91 Å². The molecule has 5 rings (SSSR count). The van der Waals surface area contributed by atoms with Crippen LogP contribution in [0, 0.1) is 0 Å². The Morgan fingerprint density at radius 1 is 1.04 bits per heavy atom. The number of benzene rings is 3. The van der Waals surface area contributed by atoms with E-state index >= 15 is 0 Å². The highest BCUT2D eigenvalue weighted by Gasteiger charge is 2.35. The van der Waals surface area contributed by atoms with Crippen LogP contribution in [0.25, 0.3) is 0 Å². The number of amides is 1. The predicted molar refractivity (Wildman–Crippen MR) is 105 cm³/mol. The number of hydrogen-bond donors (Lipinski definition) is 1. The number of anilines is 2. The van der Waals surface area contributed by atoms with Crippen LogP contribution in [-0.4, -0.2) is 19.8 Å². The highest BCUT2D eigenvalue weighted by molar-refractivity contribution is 6.12. The second-order valence-electron chi connectivity index (χ2n) is 6.56. The van der Waals surface area contributed by atoms with Crippen LogP contribution in [-0.2, 0) is 0 Å². The van der Waals surface area contributed by atoms with Crippen LogP contribution in [0.5, 0.6) is 17.2 Å². The lowest BCUT2D eigenvalue weighted by Crippen LogP contribution is -2.43. The van der Waals surface area contributed by atoms with Crippen LogP contribution >= 0.6 is 0 Å². The molecule has 3 aromatic rings. The average Bonchev–Trinajstić information content (AvgIpc) is 3.22. The van der Waals surface area contributed by atoms with Gasteiger partial charge in [0.05, 0.1) is 12.7 Å². The third-order valence-corrected chi connectivity index (χ3v) is 4.96. The molecule has 1 N–H and O–H groups in total. The molecule has 1 atom stereocenters. The molecule has 6 heteroatoms. The molecule has 0 bridgehead atoms. The van der Waals surface area contributed by atoms with Crippen molar-refractivity contribution in [3.8, 4) is 17.2 Å². The number of carbonyl (C=O) groups is 1. The zero-order valence-corrected chi connectivity index (χ0v) is 15.2. The van der Waals surface area contributed by atoms with Crippen LogP contribution in [0.15, 0.2) is 66.7 Å². The first-order valence-electron chi connectivity index (χ1n) is 8.98. The van der Waals surface area contributed by atoms with E-state index in [-0.39, 0.29) is 12.7 Å². The molecule has 2 heterocycles. The Balaban J connectivity index is 1.67. The van der Waals surface area contributed by atoms with E-state index in [1.807, 2.05) is 66.7 Å². The van der Waals surface area contributed by atoms with E-state index in [1.54, 1.807) is 12.0 Å². The Kier molecular flexibility index (Phi) is 3.83. The summed E-state index contributed by atoms with van der Waals surface area (Å²) < 4.78 is 16.6. The summed E-state index contributed by atoms with van der Waals surface area (Å²) in [5.41, 5.74) is 3.07. The fourth-order valence-corrected chi connectivity index (χ4v) is 3.65. The van der Waals surface area contributed by atoms with Gasteiger partial charge in [0.1, 0.15) is 6.17 Å². The smallest absolute Gasteiger partial charge is 0.262 e. The standard InChI is InChI=1S/C22H18N2O4/c1-26-18-11-14(12-19-20(18)28-13-27-19)21-23-17-10-6-5-9-16(17)22(25)24(21)15-7-3-2-4-8-15/h2-12,21,23H,13H2,1H3/t21-/m0/s1. The molecule has 1 amide bonds. The van der Waals surface area contributed by atoms with Gasteiger partial charge in [-0.25, -0.2) is 0 Å². The third kappa shape index (κ3) is 2.53. The van der Waals surface area contributed by atoms with E-state index in [1.165, 1.54) is 0 Å². The molecule has 0 unspecified atom stereocenters. The minimum atomic E-state index is -0.423. The Morgan fingerprint density at radius 2 is 1.82 bits per heavy atom. The van der Waals surface area contributed by atoms with Gasteiger partial charge in [0.2, 0.25) is 12.5 Å². The second-order valence-corrected chi connectivity index (χ2v) is 6.56. The number of nitrogens with zero attached hydrogens (tertiary/aromatic N) is 1. The van der Waals surface area contributed by atoms with Crippen molar-refractivity contribution in [3.05, 3.63) is 77.9 Å². The molecule has 0 aliphatic carbocycles. The summed E-state index contributed by atoms with van der Waals surface area (Å²) >= 11 is 0. The van der Waals surface area contributed by atoms with Gasteiger partial charge >= 0.3 is 0 Å². The highest BCUT2D eigenvalue weighted by Crippen LogP contribution is 2.45. The number of nitrogens with one attached hydrogen (secondary N) is 1. The van der Waals surface area contributed by atoms with Gasteiger partial charge in [-0.15, -0.1) is 0 Å². The second kappa shape index (κ2) is 6.49. The van der Waals surface area contributed by atoms with Crippen molar-refractivity contribution >= 4 is 17.3 Å². The Labute approximate surface area is 162 Å². The van der Waals surface area contributed by atoms with Crippen LogP contribution in [0.2, 0.25) is 0 Å². The number of carbonyl (C=O) groups excluding carboxylic acids is 1. The molecule has 0 radical (unpaired) electrons. The van der Waals surface area contributed by atoms with Crippen molar-refractivity contribution in [3.63, 3.8) is 0 Å². The summed E-state index contributed by atoms with van der Waals surface area (Å²) in [6, 6.07) is 20.9. The number of rotatable bonds is 3. The van der Waals surface area contributed by atoms with Crippen LogP contribution < -0.4 is 24.4 Å². The maximum atomic E-state index is 13.4. The normalized spacial score (nSPS) is 17.1. The van der Waals surface area contributed by atoms with Crippen LogP contribution in [0.1, 0.15) is 22.1 Å². The Hall–Kier alpha value is -3.67. The summed E-state index contributed by atoms with van der Waals surface area (Å²) in [6.45, 7) is 0.150. The maximum absolute atomic E-state index is 13.4. The average molecular weight is 374 g/mol. The summed E-state index contributed by atoms with van der Waals surface area (Å²) in [6.07, 6.45) is -0.423. The predicted octanol–water partition coefficient (Wildman–Crippen LogP) is 4.20. The Bertz CT molecular complexity index is 1050. The molecule has 0 spiro atoms. The first-order valence-corrected chi connectivity index (χ1v) is 8.98. The van der Waals surface area contributed by atoms with Gasteiger partial charge in [-0.05, 0) is 36.4 Å². The maximum Gasteiger partial charge on any atom is 0.262 e. The fourth-order valence-electron chi connectivity index (χ4n) is 3.65. The van der Waals surface area contributed by atoms with Crippen molar-refractivity contribution in [1.29, 1.82) is 0 Å². The van der Waals surface area contributed by atoms with Crippen molar-refractivity contribution in [2.24, 2.45) is 0 Å². The van der Waals surface area contributed by atoms with E-state index in [2.05, 4.69) is 5.32 Å². The molecular formula is C22H18N2O4. The molecule has 3 aromatic carbocycles. The fraction of sp³-hybridized carbons (Fsp3) is 0.136. The lowest BCUT2D eigenvalue weighted by molar-refractivity contribution is 0.0974. The summed E-state index contributed by atoms with van der Waals surface area (Å²) in [5, 5.41) is 3.49. The lowest BCUT2D eigenvalue weighted by Gasteiger charge is -2.38. The van der Waals surface area contributed by atoms with Gasteiger partial charge in [0.15, 0.2) is 11.5 Å². The molecular weight excluding hydrogens is 356 g/mol. The first-order chi connectivity index (χ1) is 13.8. The van der Waals surface area contributed by atoms with E-state index in [4.69, 9.17) is 14.2 Å². The van der Waals surface area contributed by atoms with Gasteiger partial charge in [0, 0.05) is 16.9 Å². The van der Waals surface area contributed by atoms with E-state index in [0.717, 1.165) is 16.9 Å². The third-order valence-electron chi connectivity index (χ3n) is 4.96. The molecule has 0 saturated carbocycles. The number of hydrogen-bond acceptors (Lipinski definition) is 5. The number of fused-ring (bicyclic) bond motifs is 2. The van der Waals surface area contributed by atoms with E-state index < -0.39 is 6.17 Å². The zero-order chi connectivity index (χ0) is 19.1. The van der Waals surface area contributed by atoms with E-state index in [9.17, 15) is 4.79 Å². The molecule has 2 aliphatic rings. The highest BCUT2D eigenvalue weighted by atomic mass is 16.7. The number of para-hydroxylation sites is 2. The van der Waals surface area contributed by atoms with Crippen molar-refractivity contribution < 1.29 is 19.0 Å². The summed E-state index contributed by atoms with van der Waals surface area (Å²) in [7, 11) is 1.59. The monoisotopic (exact) mass is 374 g/mol. The number of ether oxygens (including phenoxy) is 3. The molecule has 2 aliphatic heterocycles. The number of methoxy groups -OCH3 is 1. The molecule has 140 valence electrons. The topological polar surface area (TPSA) is 60.0 Å². The van der Waals surface area contributed by atoms with Gasteiger partial charge < -0.3 is 19.5 Å². The molecule has 6 nitrogen and oxygen atoms in total. The summed E-state index contributed by atoms with van der Waals surface area (Å²) in [4.78, 5) is 15.1. The van der Waals surface area contributed by atoms with Crippen LogP contribution in [0.3, 0.4) is 0 Å². The molecule has 0 fully saturated rings. The zero-order valence-electron chi connectivity index (χ0n) is 15.2. The quantitative estimate of drug-likeness (QED) is 0.745. The Morgan fingerprint density at radius 3 is 2.64 bits per heavy atom. The first kappa shape index (κ1) is 16.5.